The van der Waals surface area contributed by atoms with Crippen molar-refractivity contribution in [1.82, 2.24) is 10.6 Å². The normalized spacial score (nSPS) is 21.9. The van der Waals surface area contributed by atoms with E-state index in [-0.39, 0.29) is 16.9 Å². The second-order valence-electron chi connectivity index (χ2n) is 3.76. The predicted octanol–water partition coefficient (Wildman–Crippen LogP) is 2.37. The Labute approximate surface area is 112 Å². The van der Waals surface area contributed by atoms with Crippen LogP contribution in [-0.2, 0) is 0 Å². The molecule has 3 rings (SSSR count). The van der Waals surface area contributed by atoms with E-state index in [9.17, 15) is 4.79 Å². The van der Waals surface area contributed by atoms with Crippen LogP contribution >= 0.6 is 23.4 Å². The molecule has 0 radical (unpaired) electrons. The lowest BCUT2D eigenvalue weighted by Crippen LogP contribution is -2.19. The monoisotopic (exact) mass is 278 g/mol. The molecule has 0 spiro atoms. The molecule has 1 amide bonds. The zero-order chi connectivity index (χ0) is 12.9. The third kappa shape index (κ3) is 1.53. The number of hydrogen-bond acceptors (Lipinski definition) is 4. The summed E-state index contributed by atoms with van der Waals surface area (Å²) >= 11 is 7.00. The second kappa shape index (κ2) is 3.86. The molecule has 0 saturated carbocycles. The van der Waals surface area contributed by atoms with Gasteiger partial charge in [-0.2, -0.15) is 0 Å². The molecule has 5 nitrogen and oxygen atoms in total. The number of amidine groups is 2. The Morgan fingerprint density at radius 1 is 1.17 bits per heavy atom. The molecule has 1 aromatic carbocycles. The summed E-state index contributed by atoms with van der Waals surface area (Å²) in [4.78, 5) is 11.7. The van der Waals surface area contributed by atoms with Gasteiger partial charge < -0.3 is 10.6 Å². The average molecular weight is 279 g/mol. The summed E-state index contributed by atoms with van der Waals surface area (Å²) in [5.74, 6) is 0.235. The lowest BCUT2D eigenvalue weighted by Gasteiger charge is -2.03. The van der Waals surface area contributed by atoms with Gasteiger partial charge >= 0.3 is 0 Å². The van der Waals surface area contributed by atoms with Crippen LogP contribution in [0.15, 0.2) is 23.1 Å². The number of rotatable bonds is 0. The molecule has 0 atom stereocenters. The third-order valence-corrected chi connectivity index (χ3v) is 3.87. The molecule has 4 N–H and O–H groups in total. The van der Waals surface area contributed by atoms with Gasteiger partial charge in [0.15, 0.2) is 0 Å². The first-order chi connectivity index (χ1) is 8.58. The highest BCUT2D eigenvalue weighted by Gasteiger charge is 2.32. The molecule has 1 fully saturated rings. The number of amides is 1. The van der Waals surface area contributed by atoms with Crippen LogP contribution in [0.3, 0.4) is 0 Å². The second-order valence-corrected chi connectivity index (χ2v) is 5.15. The topological polar surface area (TPSA) is 88.8 Å². The zero-order valence-corrected chi connectivity index (χ0v) is 10.5. The molecule has 2 aliphatic heterocycles. The lowest BCUT2D eigenvalue weighted by atomic mass is 10.1. The van der Waals surface area contributed by atoms with E-state index < -0.39 is 0 Å². The summed E-state index contributed by atoms with van der Waals surface area (Å²) in [5, 5.41) is 21.1. The van der Waals surface area contributed by atoms with Crippen LogP contribution in [0.5, 0.6) is 0 Å². The van der Waals surface area contributed by atoms with Gasteiger partial charge in [-0.25, -0.2) is 0 Å². The summed E-state index contributed by atoms with van der Waals surface area (Å²) < 4.78 is 0. The number of thioether (sulfide) groups is 1. The van der Waals surface area contributed by atoms with Crippen molar-refractivity contribution in [3.63, 3.8) is 0 Å². The lowest BCUT2D eigenvalue weighted by molar-refractivity contribution is 0.265. The molecule has 0 unspecified atom stereocenters. The van der Waals surface area contributed by atoms with Gasteiger partial charge in [0.1, 0.15) is 11.7 Å². The number of benzene rings is 1. The Morgan fingerprint density at radius 2 is 1.94 bits per heavy atom. The molecule has 0 aliphatic carbocycles. The third-order valence-electron chi connectivity index (χ3n) is 2.66. The summed E-state index contributed by atoms with van der Waals surface area (Å²) in [6, 6.07) is 5.30. The number of fused-ring (bicyclic) bond motifs is 1. The number of carbonyl (C=O) groups excluding carboxylic acids is 1. The van der Waals surface area contributed by atoms with Gasteiger partial charge in [-0.3, -0.25) is 15.6 Å². The zero-order valence-electron chi connectivity index (χ0n) is 8.93. The quantitative estimate of drug-likeness (QED) is 0.587. The standard InChI is InChI=1S/C11H7ClN4OS/c12-5-3-1-2-4-6(5)9(13)15-7(4)8-10(14)16-11(17)18-8/h1-3H,(H2,13,15)(H2,14,16,17). The van der Waals surface area contributed by atoms with Crippen molar-refractivity contribution in [2.75, 3.05) is 0 Å². The van der Waals surface area contributed by atoms with Crippen molar-refractivity contribution >= 4 is 46.0 Å². The van der Waals surface area contributed by atoms with Crippen molar-refractivity contribution in [1.29, 1.82) is 10.8 Å². The molecule has 7 heteroatoms. The number of hydrogen-bond donors (Lipinski definition) is 4. The van der Waals surface area contributed by atoms with Crippen LogP contribution in [0.2, 0.25) is 5.02 Å². The van der Waals surface area contributed by atoms with Gasteiger partial charge in [-0.05, 0) is 17.8 Å². The van der Waals surface area contributed by atoms with Gasteiger partial charge in [-0.1, -0.05) is 23.7 Å². The van der Waals surface area contributed by atoms with Crippen LogP contribution < -0.4 is 10.6 Å². The number of nitrogens with one attached hydrogen (secondary N) is 4. The molecule has 18 heavy (non-hydrogen) atoms. The molecule has 90 valence electrons. The highest BCUT2D eigenvalue weighted by molar-refractivity contribution is 8.18. The van der Waals surface area contributed by atoms with Crippen molar-refractivity contribution in [2.45, 2.75) is 0 Å². The first-order valence-corrected chi connectivity index (χ1v) is 6.24. The number of carbonyl (C=O) groups is 1. The number of halogens is 1. The molecule has 0 aromatic heterocycles. The summed E-state index contributed by atoms with van der Waals surface area (Å²) in [6.45, 7) is 0. The minimum absolute atomic E-state index is 0.0492. The van der Waals surface area contributed by atoms with Crippen LogP contribution in [0.1, 0.15) is 11.1 Å². The summed E-state index contributed by atoms with van der Waals surface area (Å²) in [7, 11) is 0. The maximum Gasteiger partial charge on any atom is 0.289 e. The van der Waals surface area contributed by atoms with Crippen molar-refractivity contribution in [3.8, 4) is 0 Å². The molecule has 2 heterocycles. The summed E-state index contributed by atoms with van der Waals surface area (Å²) in [5.41, 5.74) is 1.94. The fourth-order valence-corrected chi connectivity index (χ4v) is 2.95. The van der Waals surface area contributed by atoms with Gasteiger partial charge in [0, 0.05) is 11.1 Å². The Bertz CT molecular complexity index is 652. The van der Waals surface area contributed by atoms with E-state index in [1.807, 2.05) is 6.07 Å². The van der Waals surface area contributed by atoms with Crippen LogP contribution in [0, 0.1) is 10.8 Å². The fraction of sp³-hybridized carbons (Fsp3) is 0. The molecule has 1 aromatic rings. The van der Waals surface area contributed by atoms with Crippen LogP contribution in [0.4, 0.5) is 4.79 Å². The minimum Gasteiger partial charge on any atom is -0.339 e. The maximum atomic E-state index is 11.3. The molecular formula is C11H7ClN4OS. The van der Waals surface area contributed by atoms with E-state index in [0.29, 0.717) is 21.2 Å². The molecular weight excluding hydrogens is 272 g/mol. The SMILES string of the molecule is N=C1NC(=O)SC1=C1NC(=N)c2c(Cl)cccc21. The van der Waals surface area contributed by atoms with Gasteiger partial charge in [-0.15, -0.1) is 0 Å². The predicted molar refractivity (Wildman–Crippen MR) is 72.2 cm³/mol. The van der Waals surface area contributed by atoms with Crippen LogP contribution in [0.25, 0.3) is 5.70 Å². The Kier molecular flexibility index (Phi) is 2.42. The first kappa shape index (κ1) is 11.3. The van der Waals surface area contributed by atoms with Gasteiger partial charge in [0.05, 0.1) is 15.6 Å². The molecule has 1 saturated heterocycles. The van der Waals surface area contributed by atoms with E-state index in [4.69, 9.17) is 22.4 Å². The smallest absolute Gasteiger partial charge is 0.289 e. The highest BCUT2D eigenvalue weighted by atomic mass is 35.5. The highest BCUT2D eigenvalue weighted by Crippen LogP contribution is 2.37. The van der Waals surface area contributed by atoms with E-state index in [0.717, 1.165) is 17.3 Å². The first-order valence-electron chi connectivity index (χ1n) is 5.05. The van der Waals surface area contributed by atoms with E-state index >= 15 is 0 Å². The average Bonchev–Trinajstić information content (AvgIpc) is 2.80. The molecule has 2 aliphatic rings. The maximum absolute atomic E-state index is 11.3. The van der Waals surface area contributed by atoms with Crippen molar-refractivity contribution in [2.24, 2.45) is 0 Å². The van der Waals surface area contributed by atoms with Gasteiger partial charge in [0.25, 0.3) is 5.24 Å². The Hall–Kier alpha value is -1.79. The van der Waals surface area contributed by atoms with E-state index in [1.165, 1.54) is 0 Å². The van der Waals surface area contributed by atoms with Gasteiger partial charge in [0.2, 0.25) is 0 Å². The van der Waals surface area contributed by atoms with E-state index in [1.54, 1.807) is 12.1 Å². The minimum atomic E-state index is -0.286. The Balaban J connectivity index is 2.23. The summed E-state index contributed by atoms with van der Waals surface area (Å²) in [6.07, 6.45) is 0. The molecule has 0 bridgehead atoms. The Morgan fingerprint density at radius 3 is 2.61 bits per heavy atom. The largest absolute Gasteiger partial charge is 0.339 e. The fourth-order valence-electron chi connectivity index (χ4n) is 1.92. The van der Waals surface area contributed by atoms with Crippen molar-refractivity contribution in [3.05, 3.63) is 39.3 Å². The van der Waals surface area contributed by atoms with Crippen molar-refractivity contribution < 1.29 is 4.79 Å². The van der Waals surface area contributed by atoms with E-state index in [2.05, 4.69) is 10.6 Å². The van der Waals surface area contributed by atoms with Crippen LogP contribution in [-0.4, -0.2) is 16.9 Å².